The summed E-state index contributed by atoms with van der Waals surface area (Å²) in [7, 11) is 1.20. The average molecular weight is 224 g/mol. The minimum absolute atomic E-state index is 0.0809. The van der Waals surface area contributed by atoms with Gasteiger partial charge in [0.25, 0.3) is 0 Å². The summed E-state index contributed by atoms with van der Waals surface area (Å²) in [4.78, 5) is 22.8. The van der Waals surface area contributed by atoms with E-state index in [1.165, 1.54) is 21.0 Å². The monoisotopic (exact) mass is 224 g/mol. The number of esters is 1. The molecule has 0 unspecified atom stereocenters. The molecule has 0 aliphatic heterocycles. The van der Waals surface area contributed by atoms with Crippen LogP contribution in [0.3, 0.4) is 0 Å². The molecule has 0 saturated heterocycles. The molecule has 0 bridgehead atoms. The van der Waals surface area contributed by atoms with Crippen LogP contribution in [0, 0.1) is 13.8 Å². The van der Waals surface area contributed by atoms with Gasteiger partial charge < -0.3 is 14.9 Å². The molecule has 5 nitrogen and oxygen atoms in total. The summed E-state index contributed by atoms with van der Waals surface area (Å²) < 4.78 is 4.54. The lowest BCUT2D eigenvalue weighted by atomic mass is 10.1. The van der Waals surface area contributed by atoms with Gasteiger partial charge in [-0.05, 0) is 25.5 Å². The van der Waals surface area contributed by atoms with Crippen molar-refractivity contribution < 1.29 is 19.7 Å². The molecular weight excluding hydrogens is 212 g/mol. The van der Waals surface area contributed by atoms with Crippen molar-refractivity contribution in [3.8, 4) is 11.5 Å². The maximum absolute atomic E-state index is 11.5. The lowest BCUT2D eigenvalue weighted by Gasteiger charge is -2.04. The first kappa shape index (κ1) is 12.0. The SMILES string of the molecule is COC(=O)c1c(C)cc(=O)c(O)c(O)c1C. The quantitative estimate of drug-likeness (QED) is 0.691. The molecule has 0 saturated carbocycles. The first-order valence-corrected chi connectivity index (χ1v) is 4.55. The predicted molar refractivity (Wildman–Crippen MR) is 56.9 cm³/mol. The third kappa shape index (κ3) is 1.84. The van der Waals surface area contributed by atoms with Crippen LogP contribution < -0.4 is 5.43 Å². The molecule has 0 amide bonds. The zero-order valence-corrected chi connectivity index (χ0v) is 9.20. The maximum atomic E-state index is 11.5. The van der Waals surface area contributed by atoms with E-state index in [-0.39, 0.29) is 11.1 Å². The van der Waals surface area contributed by atoms with Gasteiger partial charge in [0.05, 0.1) is 12.7 Å². The molecule has 5 heteroatoms. The molecule has 1 aromatic rings. The summed E-state index contributed by atoms with van der Waals surface area (Å²) >= 11 is 0. The molecule has 0 aliphatic rings. The number of ether oxygens (including phenoxy) is 1. The molecule has 0 radical (unpaired) electrons. The lowest BCUT2D eigenvalue weighted by molar-refractivity contribution is 0.0599. The van der Waals surface area contributed by atoms with Crippen LogP contribution in [-0.4, -0.2) is 23.3 Å². The van der Waals surface area contributed by atoms with Crippen molar-refractivity contribution in [3.63, 3.8) is 0 Å². The topological polar surface area (TPSA) is 83.8 Å². The Balaban J connectivity index is 3.78. The molecule has 1 rings (SSSR count). The first-order valence-electron chi connectivity index (χ1n) is 4.55. The minimum Gasteiger partial charge on any atom is -0.504 e. The number of hydrogen-bond acceptors (Lipinski definition) is 5. The van der Waals surface area contributed by atoms with Crippen LogP contribution >= 0.6 is 0 Å². The van der Waals surface area contributed by atoms with E-state index in [0.29, 0.717) is 5.56 Å². The van der Waals surface area contributed by atoms with Crippen molar-refractivity contribution in [1.29, 1.82) is 0 Å². The minimum atomic E-state index is -0.768. The van der Waals surface area contributed by atoms with E-state index in [0.717, 1.165) is 6.07 Å². The zero-order valence-electron chi connectivity index (χ0n) is 9.20. The van der Waals surface area contributed by atoms with E-state index in [2.05, 4.69) is 4.74 Å². The zero-order chi connectivity index (χ0) is 12.5. The third-order valence-corrected chi connectivity index (χ3v) is 2.32. The summed E-state index contributed by atoms with van der Waals surface area (Å²) in [6.45, 7) is 2.95. The molecule has 0 fully saturated rings. The van der Waals surface area contributed by atoms with Gasteiger partial charge in [0.2, 0.25) is 11.2 Å². The van der Waals surface area contributed by atoms with E-state index >= 15 is 0 Å². The molecule has 1 aromatic carbocycles. The van der Waals surface area contributed by atoms with Crippen LogP contribution in [-0.2, 0) is 4.74 Å². The molecule has 16 heavy (non-hydrogen) atoms. The van der Waals surface area contributed by atoms with Crippen molar-refractivity contribution in [3.05, 3.63) is 33.0 Å². The van der Waals surface area contributed by atoms with Crippen LogP contribution in [0.5, 0.6) is 11.5 Å². The summed E-state index contributed by atoms with van der Waals surface area (Å²) in [6, 6.07) is 1.08. The number of carbonyl (C=O) groups is 1. The second kappa shape index (κ2) is 4.22. The van der Waals surface area contributed by atoms with Crippen molar-refractivity contribution in [2.24, 2.45) is 0 Å². The standard InChI is InChI=1S/C11H12O5/c1-5-4-7(12)10(14)9(13)6(2)8(5)11(15)16-3/h4H,1-3H3,(H2,12,13,14). The van der Waals surface area contributed by atoms with Crippen LogP contribution in [0.25, 0.3) is 0 Å². The van der Waals surface area contributed by atoms with E-state index in [1.807, 2.05) is 0 Å². The van der Waals surface area contributed by atoms with Crippen LogP contribution in [0.4, 0.5) is 0 Å². The normalized spacial score (nSPS) is 9.94. The van der Waals surface area contributed by atoms with Crippen LogP contribution in [0.2, 0.25) is 0 Å². The highest BCUT2D eigenvalue weighted by atomic mass is 16.5. The van der Waals surface area contributed by atoms with Gasteiger partial charge in [-0.3, -0.25) is 4.79 Å². The van der Waals surface area contributed by atoms with Gasteiger partial charge in [0.1, 0.15) is 0 Å². The second-order valence-corrected chi connectivity index (χ2v) is 3.38. The number of aryl methyl sites for hydroxylation is 1. The number of rotatable bonds is 1. The van der Waals surface area contributed by atoms with Crippen LogP contribution in [0.15, 0.2) is 10.9 Å². The van der Waals surface area contributed by atoms with Crippen molar-refractivity contribution in [2.75, 3.05) is 7.11 Å². The van der Waals surface area contributed by atoms with E-state index in [1.54, 1.807) is 0 Å². The number of methoxy groups -OCH3 is 1. The Kier molecular flexibility index (Phi) is 3.17. The lowest BCUT2D eigenvalue weighted by Crippen LogP contribution is -2.05. The summed E-state index contributed by atoms with van der Waals surface area (Å²) in [5.74, 6) is -2.03. The van der Waals surface area contributed by atoms with Gasteiger partial charge >= 0.3 is 5.97 Å². The average Bonchev–Trinajstić information content (AvgIpc) is 2.31. The molecule has 0 heterocycles. The first-order chi connectivity index (χ1) is 7.40. The van der Waals surface area contributed by atoms with E-state index in [9.17, 15) is 19.8 Å². The summed E-state index contributed by atoms with van der Waals surface area (Å²) in [5.41, 5.74) is -0.209. The molecule has 2 N–H and O–H groups in total. The number of aromatic hydroxyl groups is 2. The Morgan fingerprint density at radius 3 is 2.31 bits per heavy atom. The van der Waals surface area contributed by atoms with Crippen molar-refractivity contribution in [2.45, 2.75) is 13.8 Å². The fourth-order valence-electron chi connectivity index (χ4n) is 1.46. The summed E-state index contributed by atoms with van der Waals surface area (Å²) in [5, 5.41) is 18.9. The van der Waals surface area contributed by atoms with Gasteiger partial charge in [0, 0.05) is 5.56 Å². The molecule has 86 valence electrons. The molecule has 0 aliphatic carbocycles. The second-order valence-electron chi connectivity index (χ2n) is 3.38. The van der Waals surface area contributed by atoms with Gasteiger partial charge in [0.15, 0.2) is 5.75 Å². The molecule has 0 atom stereocenters. The van der Waals surface area contributed by atoms with Crippen LogP contribution in [0.1, 0.15) is 21.5 Å². The molecule has 0 aromatic heterocycles. The fourth-order valence-corrected chi connectivity index (χ4v) is 1.46. The van der Waals surface area contributed by atoms with Gasteiger partial charge in [-0.2, -0.15) is 0 Å². The van der Waals surface area contributed by atoms with Gasteiger partial charge in [-0.1, -0.05) is 0 Å². The molecular formula is C11H12O5. The third-order valence-electron chi connectivity index (χ3n) is 2.32. The highest BCUT2D eigenvalue weighted by Gasteiger charge is 2.18. The van der Waals surface area contributed by atoms with Gasteiger partial charge in [-0.25, -0.2) is 4.79 Å². The van der Waals surface area contributed by atoms with Gasteiger partial charge in [-0.15, -0.1) is 0 Å². The Hall–Kier alpha value is -2.04. The fraction of sp³-hybridized carbons (Fsp3) is 0.273. The highest BCUT2D eigenvalue weighted by molar-refractivity contribution is 5.93. The number of hydrogen-bond donors (Lipinski definition) is 2. The maximum Gasteiger partial charge on any atom is 0.338 e. The van der Waals surface area contributed by atoms with Crippen molar-refractivity contribution in [1.82, 2.24) is 0 Å². The van der Waals surface area contributed by atoms with E-state index in [4.69, 9.17) is 0 Å². The Bertz CT molecular complexity index is 505. The molecule has 0 spiro atoms. The largest absolute Gasteiger partial charge is 0.504 e. The Labute approximate surface area is 91.9 Å². The highest BCUT2D eigenvalue weighted by Crippen LogP contribution is 2.27. The smallest absolute Gasteiger partial charge is 0.338 e. The summed E-state index contributed by atoms with van der Waals surface area (Å²) in [6.07, 6.45) is 0. The van der Waals surface area contributed by atoms with Crippen molar-refractivity contribution >= 4 is 5.97 Å². The van der Waals surface area contributed by atoms with E-state index < -0.39 is 22.9 Å². The number of carbonyl (C=O) groups excluding carboxylic acids is 1. The Morgan fingerprint density at radius 2 is 1.81 bits per heavy atom. The predicted octanol–water partition coefficient (Wildman–Crippen LogP) is 0.861. The Morgan fingerprint density at radius 1 is 1.25 bits per heavy atom.